The van der Waals surface area contributed by atoms with Gasteiger partial charge in [0.25, 0.3) is 5.91 Å². The number of aryl methyl sites for hydroxylation is 1. The van der Waals surface area contributed by atoms with Crippen LogP contribution in [0.4, 0.5) is 5.69 Å². The van der Waals surface area contributed by atoms with Gasteiger partial charge in [0, 0.05) is 13.1 Å². The zero-order chi connectivity index (χ0) is 17.0. The maximum Gasteiger partial charge on any atom is 0.358 e. The molecular weight excluding hydrogens is 302 g/mol. The highest BCUT2D eigenvalue weighted by Crippen LogP contribution is 2.26. The second-order valence-corrected chi connectivity index (χ2v) is 4.54. The lowest BCUT2D eigenvalue weighted by molar-refractivity contribution is 0.0589. The summed E-state index contributed by atoms with van der Waals surface area (Å²) in [7, 11) is 5.81. The van der Waals surface area contributed by atoms with Crippen LogP contribution in [0.5, 0.6) is 11.5 Å². The Morgan fingerprint density at radius 2 is 1.91 bits per heavy atom. The van der Waals surface area contributed by atoms with Crippen LogP contribution in [0.1, 0.15) is 20.8 Å². The van der Waals surface area contributed by atoms with E-state index in [9.17, 15) is 9.59 Å². The number of hydrogen-bond donors (Lipinski definition) is 1. The number of ether oxygens (including phenoxy) is 3. The summed E-state index contributed by atoms with van der Waals surface area (Å²) in [4.78, 5) is 24.2. The van der Waals surface area contributed by atoms with E-state index in [0.29, 0.717) is 17.1 Å². The fourth-order valence-electron chi connectivity index (χ4n) is 2.04. The number of nitrogens with zero attached hydrogens (tertiary/aromatic N) is 2. The molecule has 1 heterocycles. The second kappa shape index (κ2) is 6.82. The van der Waals surface area contributed by atoms with E-state index in [-0.39, 0.29) is 11.4 Å². The lowest BCUT2D eigenvalue weighted by atomic mass is 10.1. The van der Waals surface area contributed by atoms with Crippen LogP contribution in [-0.2, 0) is 11.8 Å². The molecule has 0 spiro atoms. The number of rotatable bonds is 5. The number of carbonyl (C=O) groups is 2. The molecule has 23 heavy (non-hydrogen) atoms. The Balaban J connectivity index is 2.32. The first-order valence-electron chi connectivity index (χ1n) is 6.65. The summed E-state index contributed by atoms with van der Waals surface area (Å²) in [5.41, 5.74) is 0.698. The van der Waals surface area contributed by atoms with Gasteiger partial charge in [0.2, 0.25) is 0 Å². The Kier molecular flexibility index (Phi) is 4.85. The van der Waals surface area contributed by atoms with Crippen LogP contribution in [-0.4, -0.2) is 43.0 Å². The summed E-state index contributed by atoms with van der Waals surface area (Å²) >= 11 is 0. The largest absolute Gasteiger partial charge is 0.497 e. The van der Waals surface area contributed by atoms with Crippen LogP contribution in [0, 0.1) is 0 Å². The van der Waals surface area contributed by atoms with E-state index in [1.165, 1.54) is 32.2 Å². The van der Waals surface area contributed by atoms with Crippen molar-refractivity contribution < 1.29 is 23.8 Å². The van der Waals surface area contributed by atoms with E-state index in [0.717, 1.165) is 0 Å². The zero-order valence-corrected chi connectivity index (χ0v) is 13.2. The van der Waals surface area contributed by atoms with E-state index in [2.05, 4.69) is 15.2 Å². The molecule has 1 aromatic carbocycles. The minimum atomic E-state index is -0.595. The zero-order valence-electron chi connectivity index (χ0n) is 13.2. The minimum absolute atomic E-state index is 0.147. The Morgan fingerprint density at radius 3 is 2.52 bits per heavy atom. The average molecular weight is 319 g/mol. The number of aromatic nitrogens is 2. The molecule has 2 aromatic rings. The van der Waals surface area contributed by atoms with Gasteiger partial charge >= 0.3 is 5.97 Å². The third kappa shape index (κ3) is 3.25. The van der Waals surface area contributed by atoms with Gasteiger partial charge in [0.1, 0.15) is 11.5 Å². The number of nitrogens with one attached hydrogen (secondary N) is 1. The Labute approximate surface area is 132 Å². The van der Waals surface area contributed by atoms with Crippen LogP contribution in [0.25, 0.3) is 0 Å². The predicted octanol–water partition coefficient (Wildman–Crippen LogP) is 1.48. The van der Waals surface area contributed by atoms with Gasteiger partial charge in [-0.05, 0) is 12.1 Å². The van der Waals surface area contributed by atoms with Gasteiger partial charge in [-0.2, -0.15) is 5.10 Å². The summed E-state index contributed by atoms with van der Waals surface area (Å²) in [6.45, 7) is 0. The maximum atomic E-state index is 12.4. The molecule has 0 saturated carbocycles. The molecular formula is C15H17N3O5. The van der Waals surface area contributed by atoms with Gasteiger partial charge < -0.3 is 19.5 Å². The third-order valence-corrected chi connectivity index (χ3v) is 3.22. The summed E-state index contributed by atoms with van der Waals surface area (Å²) in [5, 5.41) is 6.58. The second-order valence-electron chi connectivity index (χ2n) is 4.54. The fraction of sp³-hybridized carbons (Fsp3) is 0.267. The minimum Gasteiger partial charge on any atom is -0.497 e. The van der Waals surface area contributed by atoms with Gasteiger partial charge in [0.05, 0.1) is 38.8 Å². The highest BCUT2D eigenvalue weighted by molar-refractivity contribution is 6.08. The van der Waals surface area contributed by atoms with Crippen LogP contribution in [0.15, 0.2) is 24.4 Å². The smallest absolute Gasteiger partial charge is 0.358 e. The number of esters is 1. The Bertz CT molecular complexity index is 739. The van der Waals surface area contributed by atoms with Gasteiger partial charge in [-0.15, -0.1) is 0 Å². The molecule has 0 fully saturated rings. The standard InChI is InChI=1S/C15H17N3O5/c1-18-13(15(20)23-4)11(8-16-18)17-14(19)10-6-5-9(21-2)7-12(10)22-3/h5-8H,1-4H3,(H,17,19). The SMILES string of the molecule is COC(=O)c1c(NC(=O)c2ccc(OC)cc2OC)cnn1C. The molecule has 0 radical (unpaired) electrons. The molecule has 0 aliphatic heterocycles. The molecule has 0 saturated heterocycles. The summed E-state index contributed by atoms with van der Waals surface area (Å²) in [6, 6.07) is 4.81. The van der Waals surface area contributed by atoms with Crippen molar-refractivity contribution in [3.05, 3.63) is 35.7 Å². The Hall–Kier alpha value is -3.03. The number of anilines is 1. The van der Waals surface area contributed by atoms with Crippen molar-refractivity contribution in [3.63, 3.8) is 0 Å². The molecule has 0 aliphatic rings. The first-order valence-corrected chi connectivity index (χ1v) is 6.65. The van der Waals surface area contributed by atoms with Crippen molar-refractivity contribution in [3.8, 4) is 11.5 Å². The number of benzene rings is 1. The summed E-state index contributed by atoms with van der Waals surface area (Å²) in [5.74, 6) is -0.120. The molecule has 1 amide bonds. The van der Waals surface area contributed by atoms with Gasteiger partial charge in [-0.3, -0.25) is 9.48 Å². The topological polar surface area (TPSA) is 91.7 Å². The lowest BCUT2D eigenvalue weighted by Crippen LogP contribution is -2.17. The molecule has 8 nitrogen and oxygen atoms in total. The molecule has 0 atom stereocenters. The number of hydrogen-bond acceptors (Lipinski definition) is 6. The fourth-order valence-corrected chi connectivity index (χ4v) is 2.04. The van der Waals surface area contributed by atoms with Crippen LogP contribution >= 0.6 is 0 Å². The van der Waals surface area contributed by atoms with Crippen LogP contribution in [0.2, 0.25) is 0 Å². The van der Waals surface area contributed by atoms with Gasteiger partial charge in [-0.25, -0.2) is 4.79 Å². The van der Waals surface area contributed by atoms with Crippen LogP contribution < -0.4 is 14.8 Å². The molecule has 1 aromatic heterocycles. The van der Waals surface area contributed by atoms with E-state index >= 15 is 0 Å². The highest BCUT2D eigenvalue weighted by Gasteiger charge is 2.21. The van der Waals surface area contributed by atoms with Crippen molar-refractivity contribution in [2.24, 2.45) is 7.05 Å². The number of methoxy groups -OCH3 is 3. The molecule has 0 aliphatic carbocycles. The molecule has 0 bridgehead atoms. The number of amides is 1. The van der Waals surface area contributed by atoms with E-state index < -0.39 is 11.9 Å². The van der Waals surface area contributed by atoms with Crippen molar-refractivity contribution in [2.45, 2.75) is 0 Å². The molecule has 2 rings (SSSR count). The van der Waals surface area contributed by atoms with Crippen molar-refractivity contribution in [1.82, 2.24) is 9.78 Å². The maximum absolute atomic E-state index is 12.4. The van der Waals surface area contributed by atoms with E-state index in [1.807, 2.05) is 0 Å². The van der Waals surface area contributed by atoms with Crippen LogP contribution in [0.3, 0.4) is 0 Å². The van der Waals surface area contributed by atoms with Crippen molar-refractivity contribution >= 4 is 17.6 Å². The highest BCUT2D eigenvalue weighted by atomic mass is 16.5. The molecule has 8 heteroatoms. The monoisotopic (exact) mass is 319 g/mol. The number of carbonyl (C=O) groups excluding carboxylic acids is 2. The van der Waals surface area contributed by atoms with E-state index in [4.69, 9.17) is 9.47 Å². The van der Waals surface area contributed by atoms with Crippen molar-refractivity contribution in [2.75, 3.05) is 26.6 Å². The molecule has 122 valence electrons. The Morgan fingerprint density at radius 1 is 1.17 bits per heavy atom. The first kappa shape index (κ1) is 16.3. The van der Waals surface area contributed by atoms with Gasteiger partial charge in [-0.1, -0.05) is 0 Å². The third-order valence-electron chi connectivity index (χ3n) is 3.22. The van der Waals surface area contributed by atoms with E-state index in [1.54, 1.807) is 25.2 Å². The van der Waals surface area contributed by atoms with Gasteiger partial charge in [0.15, 0.2) is 5.69 Å². The molecule has 0 unspecified atom stereocenters. The lowest BCUT2D eigenvalue weighted by Gasteiger charge is -2.11. The molecule has 1 N–H and O–H groups in total. The predicted molar refractivity (Wildman–Crippen MR) is 82.0 cm³/mol. The average Bonchev–Trinajstić information content (AvgIpc) is 2.93. The first-order chi connectivity index (χ1) is 11.0. The summed E-state index contributed by atoms with van der Waals surface area (Å²) in [6.07, 6.45) is 1.38. The normalized spacial score (nSPS) is 10.1. The van der Waals surface area contributed by atoms with Crippen molar-refractivity contribution in [1.29, 1.82) is 0 Å². The quantitative estimate of drug-likeness (QED) is 0.839. The summed E-state index contributed by atoms with van der Waals surface area (Å²) < 4.78 is 16.3.